The normalized spacial score (nSPS) is 18.1. The maximum atomic E-state index is 13.1. The maximum absolute atomic E-state index is 13.1. The van der Waals surface area contributed by atoms with Crippen LogP contribution in [0.4, 0.5) is 5.82 Å². The van der Waals surface area contributed by atoms with Gasteiger partial charge in [0, 0.05) is 38.5 Å². The molecule has 0 aliphatic carbocycles. The van der Waals surface area contributed by atoms with E-state index in [2.05, 4.69) is 10.1 Å². The average molecular weight is 393 g/mol. The quantitative estimate of drug-likeness (QED) is 0.719. The van der Waals surface area contributed by atoms with E-state index in [1.807, 2.05) is 0 Å². The highest BCUT2D eigenvalue weighted by Crippen LogP contribution is 2.26. The number of ether oxygens (including phenoxy) is 1. The van der Waals surface area contributed by atoms with Crippen molar-refractivity contribution in [1.29, 1.82) is 0 Å². The Morgan fingerprint density at radius 1 is 1.33 bits per heavy atom. The standard InChI is InChI=1S/C17H23N5O4S/c1-20-16(8-9-19-20)21-10-4-5-14(17(21)23)22(27(3,24)25)12-13-6-7-15(26-2)18-11-13/h6-9,11,14H,4-5,10,12H2,1-3H3/t14-/m0/s1. The smallest absolute Gasteiger partial charge is 0.246 e. The molecule has 146 valence electrons. The van der Waals surface area contributed by atoms with Crippen LogP contribution in [0.3, 0.4) is 0 Å². The highest BCUT2D eigenvalue weighted by atomic mass is 32.2. The van der Waals surface area contributed by atoms with Gasteiger partial charge in [0.2, 0.25) is 21.8 Å². The summed E-state index contributed by atoms with van der Waals surface area (Å²) in [6.45, 7) is 0.613. The second kappa shape index (κ2) is 7.65. The van der Waals surface area contributed by atoms with Crippen molar-refractivity contribution in [3.8, 4) is 5.88 Å². The van der Waals surface area contributed by atoms with Gasteiger partial charge in [-0.15, -0.1) is 0 Å². The molecule has 0 unspecified atom stereocenters. The van der Waals surface area contributed by atoms with Crippen LogP contribution in [0.15, 0.2) is 30.6 Å². The molecule has 10 heteroatoms. The summed E-state index contributed by atoms with van der Waals surface area (Å²) in [5.74, 6) is 0.863. The van der Waals surface area contributed by atoms with Crippen molar-refractivity contribution in [3.05, 3.63) is 36.2 Å². The number of anilines is 1. The Hall–Kier alpha value is -2.46. The summed E-state index contributed by atoms with van der Waals surface area (Å²) in [6.07, 6.45) is 5.48. The van der Waals surface area contributed by atoms with Crippen LogP contribution in [0, 0.1) is 0 Å². The predicted octanol–water partition coefficient (Wildman–Crippen LogP) is 0.781. The molecule has 0 aromatic carbocycles. The monoisotopic (exact) mass is 393 g/mol. The number of methoxy groups -OCH3 is 1. The number of hydrogen-bond acceptors (Lipinski definition) is 6. The molecule has 0 N–H and O–H groups in total. The third-order valence-electron chi connectivity index (χ3n) is 4.60. The van der Waals surface area contributed by atoms with Crippen LogP contribution in [0.1, 0.15) is 18.4 Å². The number of carbonyl (C=O) groups is 1. The van der Waals surface area contributed by atoms with E-state index in [9.17, 15) is 13.2 Å². The van der Waals surface area contributed by atoms with Crippen LogP contribution in [0.25, 0.3) is 0 Å². The van der Waals surface area contributed by atoms with Crippen molar-refractivity contribution >= 4 is 21.7 Å². The van der Waals surface area contributed by atoms with E-state index in [0.717, 1.165) is 6.26 Å². The first kappa shape index (κ1) is 19.3. The largest absolute Gasteiger partial charge is 0.481 e. The predicted molar refractivity (Wildman–Crippen MR) is 99.8 cm³/mol. The van der Waals surface area contributed by atoms with Crippen molar-refractivity contribution in [2.24, 2.45) is 7.05 Å². The van der Waals surface area contributed by atoms with E-state index in [0.29, 0.717) is 36.6 Å². The summed E-state index contributed by atoms with van der Waals surface area (Å²) in [6, 6.07) is 4.40. The summed E-state index contributed by atoms with van der Waals surface area (Å²) >= 11 is 0. The number of amides is 1. The van der Waals surface area contributed by atoms with E-state index in [-0.39, 0.29) is 12.5 Å². The van der Waals surface area contributed by atoms with E-state index in [4.69, 9.17) is 4.74 Å². The lowest BCUT2D eigenvalue weighted by Crippen LogP contribution is -2.54. The average Bonchev–Trinajstić information content (AvgIpc) is 3.05. The van der Waals surface area contributed by atoms with Crippen molar-refractivity contribution in [3.63, 3.8) is 0 Å². The molecule has 1 saturated heterocycles. The molecule has 1 aliphatic heterocycles. The molecule has 3 heterocycles. The first-order chi connectivity index (χ1) is 12.8. The minimum Gasteiger partial charge on any atom is -0.481 e. The molecule has 9 nitrogen and oxygen atoms in total. The van der Waals surface area contributed by atoms with E-state index >= 15 is 0 Å². The van der Waals surface area contributed by atoms with Gasteiger partial charge in [-0.2, -0.15) is 9.40 Å². The molecular formula is C17H23N5O4S. The van der Waals surface area contributed by atoms with E-state index < -0.39 is 16.1 Å². The Labute approximate surface area is 158 Å². The zero-order valence-electron chi connectivity index (χ0n) is 15.6. The van der Waals surface area contributed by atoms with Crippen molar-refractivity contribution in [2.75, 3.05) is 24.8 Å². The van der Waals surface area contributed by atoms with Crippen LogP contribution in [0.5, 0.6) is 5.88 Å². The first-order valence-corrected chi connectivity index (χ1v) is 10.4. The van der Waals surface area contributed by atoms with Gasteiger partial charge in [-0.3, -0.25) is 14.4 Å². The first-order valence-electron chi connectivity index (χ1n) is 8.56. The second-order valence-corrected chi connectivity index (χ2v) is 8.41. The van der Waals surface area contributed by atoms with Gasteiger partial charge in [0.1, 0.15) is 11.9 Å². The van der Waals surface area contributed by atoms with Crippen molar-refractivity contribution in [2.45, 2.75) is 25.4 Å². The minimum absolute atomic E-state index is 0.0749. The molecule has 0 bridgehead atoms. The number of sulfonamides is 1. The SMILES string of the molecule is COc1ccc(CN([C@H]2CCCN(c3ccnn3C)C2=O)S(C)(=O)=O)cn1. The van der Waals surface area contributed by atoms with Gasteiger partial charge in [0.15, 0.2) is 0 Å². The summed E-state index contributed by atoms with van der Waals surface area (Å²) in [4.78, 5) is 18.8. The van der Waals surface area contributed by atoms with Gasteiger partial charge >= 0.3 is 0 Å². The molecule has 0 saturated carbocycles. The van der Waals surface area contributed by atoms with Crippen LogP contribution < -0.4 is 9.64 Å². The fourth-order valence-electron chi connectivity index (χ4n) is 3.25. The maximum Gasteiger partial charge on any atom is 0.246 e. The second-order valence-electron chi connectivity index (χ2n) is 6.48. The van der Waals surface area contributed by atoms with Crippen LogP contribution in [-0.4, -0.2) is 59.3 Å². The van der Waals surface area contributed by atoms with Gasteiger partial charge in [0.05, 0.1) is 19.6 Å². The number of aromatic nitrogens is 3. The lowest BCUT2D eigenvalue weighted by Gasteiger charge is -2.37. The summed E-state index contributed by atoms with van der Waals surface area (Å²) in [5.41, 5.74) is 0.687. The van der Waals surface area contributed by atoms with Gasteiger partial charge in [-0.25, -0.2) is 13.4 Å². The van der Waals surface area contributed by atoms with Gasteiger partial charge in [-0.05, 0) is 18.4 Å². The number of carbonyl (C=O) groups excluding carboxylic acids is 1. The highest BCUT2D eigenvalue weighted by molar-refractivity contribution is 7.88. The Bertz CT molecular complexity index is 910. The zero-order valence-corrected chi connectivity index (χ0v) is 16.4. The minimum atomic E-state index is -3.61. The third kappa shape index (κ3) is 4.11. The van der Waals surface area contributed by atoms with Crippen LogP contribution in [0.2, 0.25) is 0 Å². The molecule has 0 spiro atoms. The zero-order chi connectivity index (χ0) is 19.6. The van der Waals surface area contributed by atoms with Crippen molar-refractivity contribution < 1.29 is 17.9 Å². The molecule has 1 aliphatic rings. The van der Waals surface area contributed by atoms with Crippen LogP contribution in [-0.2, 0) is 28.4 Å². The lowest BCUT2D eigenvalue weighted by atomic mass is 10.0. The number of pyridine rings is 1. The number of aryl methyl sites for hydroxylation is 1. The molecule has 1 fully saturated rings. The Balaban J connectivity index is 1.87. The highest BCUT2D eigenvalue weighted by Gasteiger charge is 2.38. The lowest BCUT2D eigenvalue weighted by molar-refractivity contribution is -0.123. The molecule has 2 aromatic heterocycles. The fraction of sp³-hybridized carbons (Fsp3) is 0.471. The number of nitrogens with zero attached hydrogens (tertiary/aromatic N) is 5. The molecule has 2 aromatic rings. The molecule has 1 amide bonds. The van der Waals surface area contributed by atoms with E-state index in [1.165, 1.54) is 11.4 Å². The number of piperidine rings is 1. The molecule has 3 rings (SSSR count). The van der Waals surface area contributed by atoms with Gasteiger partial charge in [-0.1, -0.05) is 6.07 Å². The molecular weight excluding hydrogens is 370 g/mol. The van der Waals surface area contributed by atoms with Gasteiger partial charge in [0.25, 0.3) is 0 Å². The molecule has 27 heavy (non-hydrogen) atoms. The fourth-order valence-corrected chi connectivity index (χ4v) is 4.29. The molecule has 1 atom stereocenters. The molecule has 0 radical (unpaired) electrons. The summed E-state index contributed by atoms with van der Waals surface area (Å²) in [5, 5.41) is 4.10. The topological polar surface area (TPSA) is 97.6 Å². The van der Waals surface area contributed by atoms with Crippen molar-refractivity contribution in [1.82, 2.24) is 19.1 Å². The van der Waals surface area contributed by atoms with Gasteiger partial charge < -0.3 is 4.74 Å². The van der Waals surface area contributed by atoms with E-state index in [1.54, 1.807) is 47.2 Å². The Morgan fingerprint density at radius 2 is 2.11 bits per heavy atom. The Morgan fingerprint density at radius 3 is 2.67 bits per heavy atom. The third-order valence-corrected chi connectivity index (χ3v) is 5.84. The summed E-state index contributed by atoms with van der Waals surface area (Å²) < 4.78 is 32.8. The Kier molecular flexibility index (Phi) is 5.47. The van der Waals surface area contributed by atoms with Crippen LogP contribution >= 0.6 is 0 Å². The number of hydrogen-bond donors (Lipinski definition) is 0. The number of rotatable bonds is 6. The summed E-state index contributed by atoms with van der Waals surface area (Å²) in [7, 11) is -0.343.